The molecule has 1 N–H and O–H groups in total. The highest BCUT2D eigenvalue weighted by Crippen LogP contribution is 2.23. The van der Waals surface area contributed by atoms with Crippen LogP contribution >= 0.6 is 0 Å². The first-order chi connectivity index (χ1) is 9.08. The number of methoxy groups -OCH3 is 1. The van der Waals surface area contributed by atoms with Gasteiger partial charge < -0.3 is 15.0 Å². The van der Waals surface area contributed by atoms with Crippen LogP contribution in [0.15, 0.2) is 0 Å². The normalized spacial score (nSPS) is 16.9. The molecule has 0 saturated carbocycles. The lowest BCUT2D eigenvalue weighted by Gasteiger charge is -2.36. The zero-order valence-corrected chi connectivity index (χ0v) is 14.7. The van der Waals surface area contributed by atoms with Crippen LogP contribution in [0.2, 0.25) is 0 Å². The Morgan fingerprint density at radius 2 is 1.85 bits per heavy atom. The van der Waals surface area contributed by atoms with Crippen molar-refractivity contribution in [1.29, 1.82) is 0 Å². The van der Waals surface area contributed by atoms with E-state index in [1.165, 1.54) is 7.11 Å². The molecule has 0 aromatic heterocycles. The molecule has 120 valence electrons. The van der Waals surface area contributed by atoms with Crippen molar-refractivity contribution < 1.29 is 9.53 Å². The van der Waals surface area contributed by atoms with Crippen molar-refractivity contribution in [1.82, 2.24) is 10.2 Å². The van der Waals surface area contributed by atoms with E-state index < -0.39 is 5.54 Å². The molecule has 0 radical (unpaired) electrons. The summed E-state index contributed by atoms with van der Waals surface area (Å²) >= 11 is 0. The Labute approximate surface area is 125 Å². The first kappa shape index (κ1) is 19.4. The lowest BCUT2D eigenvalue weighted by molar-refractivity contribution is -0.148. The fourth-order valence-electron chi connectivity index (χ4n) is 2.41. The monoisotopic (exact) mass is 286 g/mol. The van der Waals surface area contributed by atoms with Gasteiger partial charge >= 0.3 is 5.97 Å². The van der Waals surface area contributed by atoms with Gasteiger partial charge in [0, 0.05) is 6.04 Å². The number of nitrogens with one attached hydrogen (secondary N) is 1. The number of carbonyl (C=O) groups excluding carboxylic acids is 1. The fourth-order valence-corrected chi connectivity index (χ4v) is 2.41. The Balaban J connectivity index is 4.42. The second-order valence-corrected chi connectivity index (χ2v) is 6.98. The van der Waals surface area contributed by atoms with Gasteiger partial charge in [-0.1, -0.05) is 27.7 Å². The lowest BCUT2D eigenvalue weighted by Crippen LogP contribution is -2.50. The molecule has 0 saturated heterocycles. The summed E-state index contributed by atoms with van der Waals surface area (Å²) in [5.74, 6) is -0.175. The molecule has 0 heterocycles. The molecule has 0 rings (SSSR count). The summed E-state index contributed by atoms with van der Waals surface area (Å²) in [5, 5.41) is 3.25. The van der Waals surface area contributed by atoms with E-state index in [2.05, 4.69) is 45.0 Å². The quantitative estimate of drug-likeness (QED) is 0.697. The van der Waals surface area contributed by atoms with Crippen molar-refractivity contribution >= 4 is 5.97 Å². The summed E-state index contributed by atoms with van der Waals surface area (Å²) in [7, 11) is 3.60. The molecule has 0 spiro atoms. The third-order valence-corrected chi connectivity index (χ3v) is 4.30. The third-order valence-electron chi connectivity index (χ3n) is 4.30. The van der Waals surface area contributed by atoms with Crippen molar-refractivity contribution in [2.45, 2.75) is 66.0 Å². The van der Waals surface area contributed by atoms with Gasteiger partial charge in [0.2, 0.25) is 0 Å². The van der Waals surface area contributed by atoms with Crippen molar-refractivity contribution in [3.8, 4) is 0 Å². The van der Waals surface area contributed by atoms with Gasteiger partial charge in [0.25, 0.3) is 0 Å². The van der Waals surface area contributed by atoms with Crippen LogP contribution in [0.3, 0.4) is 0 Å². The van der Waals surface area contributed by atoms with E-state index in [4.69, 9.17) is 4.74 Å². The van der Waals surface area contributed by atoms with Crippen molar-refractivity contribution in [3.05, 3.63) is 0 Å². The van der Waals surface area contributed by atoms with E-state index in [1.54, 1.807) is 0 Å². The van der Waals surface area contributed by atoms with Gasteiger partial charge in [-0.3, -0.25) is 4.79 Å². The number of esters is 1. The van der Waals surface area contributed by atoms with Crippen LogP contribution in [0, 0.1) is 5.41 Å². The Bertz CT molecular complexity index is 299. The molecule has 0 amide bonds. The molecule has 0 aromatic carbocycles. The lowest BCUT2D eigenvalue weighted by atomic mass is 9.87. The van der Waals surface area contributed by atoms with E-state index in [-0.39, 0.29) is 11.4 Å². The molecule has 0 aliphatic heterocycles. The van der Waals surface area contributed by atoms with Gasteiger partial charge in [0.1, 0.15) is 5.54 Å². The minimum atomic E-state index is -0.574. The van der Waals surface area contributed by atoms with Crippen molar-refractivity contribution in [2.75, 3.05) is 27.2 Å². The Hall–Kier alpha value is -0.610. The molecule has 0 aliphatic rings. The molecule has 2 atom stereocenters. The second-order valence-electron chi connectivity index (χ2n) is 6.98. The van der Waals surface area contributed by atoms with Crippen LogP contribution in [-0.2, 0) is 9.53 Å². The highest BCUT2D eigenvalue weighted by Gasteiger charge is 2.33. The minimum Gasteiger partial charge on any atom is -0.468 e. The number of nitrogens with zero attached hydrogens (tertiary/aromatic N) is 1. The van der Waals surface area contributed by atoms with Crippen LogP contribution in [0.1, 0.15) is 54.4 Å². The Morgan fingerprint density at radius 3 is 2.25 bits per heavy atom. The fraction of sp³-hybridized carbons (Fsp3) is 0.938. The van der Waals surface area contributed by atoms with E-state index in [0.717, 1.165) is 25.9 Å². The smallest absolute Gasteiger partial charge is 0.325 e. The van der Waals surface area contributed by atoms with Gasteiger partial charge in [-0.2, -0.15) is 0 Å². The zero-order valence-electron chi connectivity index (χ0n) is 14.7. The average molecular weight is 286 g/mol. The SMILES string of the molecule is CCNC(C)(CCCN(C)C(C)C(C)(C)C)C(=O)OC. The average Bonchev–Trinajstić information content (AvgIpc) is 2.35. The van der Waals surface area contributed by atoms with Gasteiger partial charge in [-0.05, 0) is 52.2 Å². The maximum Gasteiger partial charge on any atom is 0.325 e. The van der Waals surface area contributed by atoms with Gasteiger partial charge in [-0.15, -0.1) is 0 Å². The molecule has 2 unspecified atom stereocenters. The van der Waals surface area contributed by atoms with Crippen molar-refractivity contribution in [3.63, 3.8) is 0 Å². The topological polar surface area (TPSA) is 41.6 Å². The van der Waals surface area contributed by atoms with E-state index in [1.807, 2.05) is 13.8 Å². The maximum atomic E-state index is 11.9. The van der Waals surface area contributed by atoms with Crippen molar-refractivity contribution in [2.24, 2.45) is 5.41 Å². The second kappa shape index (κ2) is 7.99. The van der Waals surface area contributed by atoms with Gasteiger partial charge in [-0.25, -0.2) is 0 Å². The van der Waals surface area contributed by atoms with E-state index in [9.17, 15) is 4.79 Å². The number of ether oxygens (including phenoxy) is 1. The maximum absolute atomic E-state index is 11.9. The van der Waals surface area contributed by atoms with Gasteiger partial charge in [0.15, 0.2) is 0 Å². The molecule has 0 fully saturated rings. The summed E-state index contributed by atoms with van der Waals surface area (Å²) in [5.41, 5.74) is -0.308. The molecular formula is C16H34N2O2. The highest BCUT2D eigenvalue weighted by molar-refractivity contribution is 5.80. The molecule has 0 aliphatic carbocycles. The Kier molecular flexibility index (Phi) is 7.74. The molecule has 4 heteroatoms. The minimum absolute atomic E-state index is 0.175. The zero-order chi connectivity index (χ0) is 16.0. The van der Waals surface area contributed by atoms with Crippen LogP contribution in [0.25, 0.3) is 0 Å². The number of rotatable bonds is 8. The number of likely N-dealkylation sites (N-methyl/N-ethyl adjacent to an activating group) is 1. The molecule has 0 bridgehead atoms. The number of hydrogen-bond donors (Lipinski definition) is 1. The van der Waals surface area contributed by atoms with Crippen LogP contribution in [0.5, 0.6) is 0 Å². The third kappa shape index (κ3) is 5.80. The summed E-state index contributed by atoms with van der Waals surface area (Å²) < 4.78 is 4.91. The first-order valence-corrected chi connectivity index (χ1v) is 7.62. The molecule has 0 aromatic rings. The summed E-state index contributed by atoms with van der Waals surface area (Å²) in [6, 6.07) is 0.506. The number of hydrogen-bond acceptors (Lipinski definition) is 4. The molecule has 20 heavy (non-hydrogen) atoms. The van der Waals surface area contributed by atoms with Gasteiger partial charge in [0.05, 0.1) is 7.11 Å². The summed E-state index contributed by atoms with van der Waals surface area (Å²) in [6.45, 7) is 14.7. The number of carbonyl (C=O) groups is 1. The van der Waals surface area contributed by atoms with Crippen LogP contribution in [0.4, 0.5) is 0 Å². The highest BCUT2D eigenvalue weighted by atomic mass is 16.5. The van der Waals surface area contributed by atoms with Crippen LogP contribution in [-0.4, -0.2) is 49.7 Å². The summed E-state index contributed by atoms with van der Waals surface area (Å²) in [6.07, 6.45) is 1.75. The predicted octanol–water partition coefficient (Wildman–Crippen LogP) is 2.67. The first-order valence-electron chi connectivity index (χ1n) is 7.62. The van der Waals surface area contributed by atoms with E-state index in [0.29, 0.717) is 6.04 Å². The molecular weight excluding hydrogens is 252 g/mol. The standard InChI is InChI=1S/C16H34N2O2/c1-9-17-16(6,14(19)20-8)11-10-12-18(7)13(2)15(3,4)5/h13,17H,9-12H2,1-8H3. The van der Waals surface area contributed by atoms with E-state index >= 15 is 0 Å². The summed E-state index contributed by atoms with van der Waals surface area (Å²) in [4.78, 5) is 14.3. The predicted molar refractivity (Wildman–Crippen MR) is 84.9 cm³/mol. The molecule has 4 nitrogen and oxygen atoms in total. The Morgan fingerprint density at radius 1 is 1.30 bits per heavy atom. The van der Waals surface area contributed by atoms with Crippen LogP contribution < -0.4 is 5.32 Å². The largest absolute Gasteiger partial charge is 0.468 e.